The van der Waals surface area contributed by atoms with Crippen LogP contribution in [0.4, 0.5) is 10.1 Å². The molecule has 2 rings (SSSR count). The van der Waals surface area contributed by atoms with Crippen LogP contribution in [-0.2, 0) is 4.79 Å². The fourth-order valence-corrected chi connectivity index (χ4v) is 2.03. The number of anilines is 1. The van der Waals surface area contributed by atoms with Crippen molar-refractivity contribution in [2.75, 3.05) is 17.7 Å². The minimum absolute atomic E-state index is 0.121. The molecule has 1 aromatic carbocycles. The molecule has 15 heavy (non-hydrogen) atoms. The number of carbonyl (C=O) groups excluding carboxylic acids is 1. The number of benzene rings is 1. The topological polar surface area (TPSA) is 32.7 Å². The van der Waals surface area contributed by atoms with E-state index in [0.29, 0.717) is 10.9 Å². The van der Waals surface area contributed by atoms with Crippen molar-refractivity contribution in [3.8, 4) is 0 Å². The number of hydrogen-bond donors (Lipinski definition) is 0. The van der Waals surface area contributed by atoms with Crippen LogP contribution in [-0.4, -0.2) is 23.9 Å². The summed E-state index contributed by atoms with van der Waals surface area (Å²) in [4.78, 5) is 16.6. The lowest BCUT2D eigenvalue weighted by Crippen LogP contribution is -2.21. The lowest BCUT2D eigenvalue weighted by Gasteiger charge is -2.17. The highest BCUT2D eigenvalue weighted by Crippen LogP contribution is 2.21. The predicted octanol–water partition coefficient (Wildman–Crippen LogP) is 1.89. The largest absolute Gasteiger partial charge is 0.324 e. The molecule has 5 heteroatoms. The maximum atomic E-state index is 12.7. The zero-order valence-corrected chi connectivity index (χ0v) is 8.92. The molecule has 1 aliphatic heterocycles. The minimum Gasteiger partial charge on any atom is -0.324 e. The van der Waals surface area contributed by atoms with Crippen LogP contribution in [0.2, 0.25) is 0 Å². The summed E-state index contributed by atoms with van der Waals surface area (Å²) < 4.78 is 12.7. The molecule has 3 nitrogen and oxygen atoms in total. The van der Waals surface area contributed by atoms with E-state index in [2.05, 4.69) is 4.99 Å². The number of hydrogen-bond acceptors (Lipinski definition) is 3. The van der Waals surface area contributed by atoms with Crippen molar-refractivity contribution in [1.82, 2.24) is 0 Å². The standard InChI is InChI=1S/C10H9FN2OS/c1-13(10-12-9(14)6-15-10)8-4-2-7(11)3-5-8/h2-5H,6H2,1H3. The number of carbonyl (C=O) groups is 1. The van der Waals surface area contributed by atoms with Crippen LogP contribution >= 0.6 is 11.8 Å². The minimum atomic E-state index is -0.274. The molecule has 1 aromatic rings. The Bertz CT molecular complexity index is 416. The van der Waals surface area contributed by atoms with Gasteiger partial charge in [0.15, 0.2) is 5.17 Å². The second-order valence-electron chi connectivity index (χ2n) is 3.11. The Morgan fingerprint density at radius 1 is 1.40 bits per heavy atom. The molecule has 0 aromatic heterocycles. The van der Waals surface area contributed by atoms with E-state index in [1.165, 1.54) is 23.9 Å². The maximum absolute atomic E-state index is 12.7. The van der Waals surface area contributed by atoms with Gasteiger partial charge in [-0.05, 0) is 24.3 Å². The van der Waals surface area contributed by atoms with Crippen molar-refractivity contribution in [1.29, 1.82) is 0 Å². The van der Waals surface area contributed by atoms with Gasteiger partial charge in [-0.1, -0.05) is 11.8 Å². The van der Waals surface area contributed by atoms with Gasteiger partial charge in [-0.2, -0.15) is 4.99 Å². The van der Waals surface area contributed by atoms with Gasteiger partial charge in [0.1, 0.15) is 5.82 Å². The summed E-state index contributed by atoms with van der Waals surface area (Å²) in [6, 6.07) is 6.07. The van der Waals surface area contributed by atoms with Crippen LogP contribution in [0.25, 0.3) is 0 Å². The molecular weight excluding hydrogens is 215 g/mol. The average molecular weight is 224 g/mol. The molecule has 78 valence electrons. The average Bonchev–Trinajstić information content (AvgIpc) is 2.65. The Balaban J connectivity index is 2.21. The molecule has 0 aliphatic carbocycles. The third-order valence-electron chi connectivity index (χ3n) is 2.05. The van der Waals surface area contributed by atoms with E-state index in [-0.39, 0.29) is 11.7 Å². The van der Waals surface area contributed by atoms with Crippen LogP contribution in [0, 0.1) is 5.82 Å². The van der Waals surface area contributed by atoms with E-state index < -0.39 is 0 Å². The molecule has 0 saturated carbocycles. The summed E-state index contributed by atoms with van der Waals surface area (Å²) in [5, 5.41) is 0.659. The third kappa shape index (κ3) is 2.18. The van der Waals surface area contributed by atoms with Gasteiger partial charge in [-0.15, -0.1) is 0 Å². The Morgan fingerprint density at radius 3 is 2.60 bits per heavy atom. The van der Waals surface area contributed by atoms with Gasteiger partial charge in [0.25, 0.3) is 5.91 Å². The van der Waals surface area contributed by atoms with E-state index in [9.17, 15) is 9.18 Å². The van der Waals surface area contributed by atoms with Gasteiger partial charge < -0.3 is 4.90 Å². The fraction of sp³-hybridized carbons (Fsp3) is 0.200. The smallest absolute Gasteiger partial charge is 0.258 e. The number of nitrogens with zero attached hydrogens (tertiary/aromatic N) is 2. The second-order valence-corrected chi connectivity index (χ2v) is 4.05. The number of rotatable bonds is 1. The number of halogens is 1. The van der Waals surface area contributed by atoms with Gasteiger partial charge in [0.05, 0.1) is 5.75 Å². The van der Waals surface area contributed by atoms with Crippen LogP contribution in [0.3, 0.4) is 0 Å². The van der Waals surface area contributed by atoms with Gasteiger partial charge in [-0.25, -0.2) is 4.39 Å². The zero-order chi connectivity index (χ0) is 10.8. The number of amidine groups is 1. The summed E-state index contributed by atoms with van der Waals surface area (Å²) >= 11 is 1.39. The van der Waals surface area contributed by atoms with Gasteiger partial charge in [-0.3, -0.25) is 4.79 Å². The first-order valence-corrected chi connectivity index (χ1v) is 5.39. The lowest BCUT2D eigenvalue weighted by molar-refractivity contribution is -0.115. The highest BCUT2D eigenvalue weighted by Gasteiger charge is 2.19. The van der Waals surface area contributed by atoms with Gasteiger partial charge in [0, 0.05) is 12.7 Å². The molecule has 0 N–H and O–H groups in total. The molecule has 1 heterocycles. The molecule has 0 bridgehead atoms. The quantitative estimate of drug-likeness (QED) is 0.730. The first-order chi connectivity index (χ1) is 7.16. The first kappa shape index (κ1) is 10.2. The van der Waals surface area contributed by atoms with Crippen molar-refractivity contribution in [2.45, 2.75) is 0 Å². The van der Waals surface area contributed by atoms with E-state index in [1.807, 2.05) is 0 Å². The van der Waals surface area contributed by atoms with Crippen LogP contribution in [0.5, 0.6) is 0 Å². The van der Waals surface area contributed by atoms with Crippen molar-refractivity contribution in [2.24, 2.45) is 4.99 Å². The van der Waals surface area contributed by atoms with E-state index >= 15 is 0 Å². The summed E-state index contributed by atoms with van der Waals surface area (Å²) in [6.07, 6.45) is 0. The van der Waals surface area contributed by atoms with Crippen LogP contribution in [0.15, 0.2) is 29.3 Å². The highest BCUT2D eigenvalue weighted by molar-refractivity contribution is 8.15. The van der Waals surface area contributed by atoms with Crippen molar-refractivity contribution in [3.05, 3.63) is 30.1 Å². The Labute approximate surface area is 91.0 Å². The summed E-state index contributed by atoms with van der Waals surface area (Å²) in [6.45, 7) is 0. The Hall–Kier alpha value is -1.36. The lowest BCUT2D eigenvalue weighted by atomic mass is 10.3. The van der Waals surface area contributed by atoms with Crippen molar-refractivity contribution in [3.63, 3.8) is 0 Å². The fourth-order valence-electron chi connectivity index (χ4n) is 1.24. The molecule has 0 spiro atoms. The molecule has 0 atom stereocenters. The van der Waals surface area contributed by atoms with Gasteiger partial charge >= 0.3 is 0 Å². The third-order valence-corrected chi connectivity index (χ3v) is 3.06. The maximum Gasteiger partial charge on any atom is 0.258 e. The molecule has 0 radical (unpaired) electrons. The highest BCUT2D eigenvalue weighted by atomic mass is 32.2. The SMILES string of the molecule is CN(C1=NC(=O)CS1)c1ccc(F)cc1. The summed E-state index contributed by atoms with van der Waals surface area (Å²) in [5.74, 6) is -0.00543. The first-order valence-electron chi connectivity index (χ1n) is 4.40. The van der Waals surface area contributed by atoms with E-state index in [0.717, 1.165) is 5.69 Å². The molecule has 0 unspecified atom stereocenters. The molecule has 1 aliphatic rings. The Kier molecular flexibility index (Phi) is 2.73. The Morgan fingerprint density at radius 2 is 2.07 bits per heavy atom. The molecule has 1 amide bonds. The van der Waals surface area contributed by atoms with Crippen LogP contribution in [0.1, 0.15) is 0 Å². The number of aliphatic imine (C=N–C) groups is 1. The van der Waals surface area contributed by atoms with E-state index in [4.69, 9.17) is 0 Å². The molecule has 0 fully saturated rings. The molecule has 0 saturated heterocycles. The number of thioether (sulfide) groups is 1. The molecular formula is C10H9FN2OS. The van der Waals surface area contributed by atoms with Crippen molar-refractivity contribution >= 4 is 28.5 Å². The van der Waals surface area contributed by atoms with Gasteiger partial charge in [0.2, 0.25) is 0 Å². The zero-order valence-electron chi connectivity index (χ0n) is 8.11. The summed E-state index contributed by atoms with van der Waals surface area (Å²) in [5.41, 5.74) is 0.817. The predicted molar refractivity (Wildman–Crippen MR) is 59.7 cm³/mol. The second kappa shape index (κ2) is 4.02. The van der Waals surface area contributed by atoms with Crippen molar-refractivity contribution < 1.29 is 9.18 Å². The normalized spacial score (nSPS) is 15.3. The van der Waals surface area contributed by atoms with Crippen LogP contribution < -0.4 is 4.90 Å². The number of amides is 1. The summed E-state index contributed by atoms with van der Waals surface area (Å²) in [7, 11) is 1.80. The monoisotopic (exact) mass is 224 g/mol. The van der Waals surface area contributed by atoms with E-state index in [1.54, 1.807) is 24.1 Å².